The summed E-state index contributed by atoms with van der Waals surface area (Å²) in [7, 11) is -3.31. The smallest absolute Gasteiger partial charge is 0.218 e. The molecule has 0 aromatic carbocycles. The molecule has 3 heterocycles. The maximum absolute atomic E-state index is 13.0. The number of hydrogen-bond acceptors (Lipinski definition) is 5. The lowest BCUT2D eigenvalue weighted by Crippen LogP contribution is -2.54. The number of ether oxygens (including phenoxy) is 1. The van der Waals surface area contributed by atoms with E-state index in [1.807, 2.05) is 19.1 Å². The van der Waals surface area contributed by atoms with Gasteiger partial charge < -0.3 is 19.4 Å². The van der Waals surface area contributed by atoms with E-state index in [1.54, 1.807) is 10.6 Å². The number of halogens is 1. The molecule has 1 aromatic heterocycles. The Morgan fingerprint density at radius 3 is 2.79 bits per heavy atom. The number of nitrogens with one attached hydrogen (secondary N) is 1. The van der Waals surface area contributed by atoms with Gasteiger partial charge in [-0.1, -0.05) is 0 Å². The number of piperidine rings is 1. The fourth-order valence-electron chi connectivity index (χ4n) is 3.54. The van der Waals surface area contributed by atoms with Crippen molar-refractivity contribution in [2.24, 2.45) is 4.99 Å². The third-order valence-electron chi connectivity index (χ3n) is 4.96. The number of hydrogen-bond donors (Lipinski definition) is 1. The second-order valence-corrected chi connectivity index (χ2v) is 9.04. The van der Waals surface area contributed by atoms with Crippen molar-refractivity contribution in [1.82, 2.24) is 14.5 Å². The molecule has 2 saturated heterocycles. The topological polar surface area (TPSA) is 87.4 Å². The molecule has 0 saturated carbocycles. The van der Waals surface area contributed by atoms with Crippen LogP contribution in [0.25, 0.3) is 0 Å². The van der Waals surface area contributed by atoms with E-state index in [0.717, 1.165) is 37.7 Å². The van der Waals surface area contributed by atoms with Gasteiger partial charge in [-0.15, -0.1) is 24.0 Å². The van der Waals surface area contributed by atoms with E-state index in [2.05, 4.69) is 15.2 Å². The maximum atomic E-state index is 13.0. The van der Waals surface area contributed by atoms with Crippen LogP contribution in [0.3, 0.4) is 0 Å². The number of furan rings is 1. The van der Waals surface area contributed by atoms with E-state index in [0.29, 0.717) is 45.8 Å². The summed E-state index contributed by atoms with van der Waals surface area (Å²) in [5, 5.41) is 2.91. The highest BCUT2D eigenvalue weighted by molar-refractivity contribution is 14.0. The zero-order valence-electron chi connectivity index (χ0n) is 16.4. The van der Waals surface area contributed by atoms with Crippen molar-refractivity contribution in [3.05, 3.63) is 24.2 Å². The van der Waals surface area contributed by atoms with Gasteiger partial charge >= 0.3 is 0 Å². The van der Waals surface area contributed by atoms with E-state index < -0.39 is 15.3 Å². The van der Waals surface area contributed by atoms with Crippen LogP contribution in [0.15, 0.2) is 27.8 Å². The lowest BCUT2D eigenvalue weighted by atomic mass is 10.1. The van der Waals surface area contributed by atoms with E-state index in [4.69, 9.17) is 9.15 Å². The maximum Gasteiger partial charge on any atom is 0.218 e. The van der Waals surface area contributed by atoms with Gasteiger partial charge in [0.05, 0.1) is 24.7 Å². The molecule has 0 spiro atoms. The van der Waals surface area contributed by atoms with Gasteiger partial charge in [-0.2, -0.15) is 4.31 Å². The second kappa shape index (κ2) is 11.4. The van der Waals surface area contributed by atoms with Crippen LogP contribution >= 0.6 is 24.0 Å². The third-order valence-corrected chi connectivity index (χ3v) is 7.28. The molecule has 0 radical (unpaired) electrons. The fourth-order valence-corrected chi connectivity index (χ4v) is 5.45. The number of rotatable bonds is 6. The number of guanidine groups is 1. The lowest BCUT2D eigenvalue weighted by molar-refractivity contribution is 0.0722. The zero-order chi connectivity index (χ0) is 19.1. The molecule has 1 N–H and O–H groups in total. The predicted octanol–water partition coefficient (Wildman–Crippen LogP) is 1.53. The van der Waals surface area contributed by atoms with Crippen LogP contribution in [-0.2, 0) is 21.2 Å². The van der Waals surface area contributed by atoms with E-state index in [1.165, 1.54) is 0 Å². The molecule has 1 aromatic rings. The molecule has 2 aliphatic rings. The Labute approximate surface area is 184 Å². The van der Waals surface area contributed by atoms with E-state index in [-0.39, 0.29) is 24.0 Å². The minimum absolute atomic E-state index is 0. The molecule has 1 unspecified atom stereocenters. The van der Waals surface area contributed by atoms with Crippen molar-refractivity contribution in [1.29, 1.82) is 0 Å². The van der Waals surface area contributed by atoms with Crippen LogP contribution in [0.5, 0.6) is 0 Å². The molecule has 0 bridgehead atoms. The number of morpholine rings is 1. The van der Waals surface area contributed by atoms with Crippen LogP contribution < -0.4 is 5.32 Å². The highest BCUT2D eigenvalue weighted by Crippen LogP contribution is 2.21. The van der Waals surface area contributed by atoms with Gasteiger partial charge in [0.25, 0.3) is 0 Å². The second-order valence-electron chi connectivity index (χ2n) is 6.83. The van der Waals surface area contributed by atoms with Crippen molar-refractivity contribution in [3.8, 4) is 0 Å². The van der Waals surface area contributed by atoms with Crippen LogP contribution in [0.1, 0.15) is 25.5 Å². The van der Waals surface area contributed by atoms with Crippen LogP contribution in [0.4, 0.5) is 0 Å². The van der Waals surface area contributed by atoms with Crippen molar-refractivity contribution in [2.45, 2.75) is 31.4 Å². The Bertz CT molecular complexity index is 705. The predicted molar refractivity (Wildman–Crippen MR) is 120 cm³/mol. The highest BCUT2D eigenvalue weighted by atomic mass is 127. The largest absolute Gasteiger partial charge is 0.469 e. The van der Waals surface area contributed by atoms with E-state index in [9.17, 15) is 8.42 Å². The van der Waals surface area contributed by atoms with Crippen molar-refractivity contribution in [2.75, 3.05) is 52.5 Å². The Morgan fingerprint density at radius 1 is 1.32 bits per heavy atom. The average molecular weight is 526 g/mol. The number of aliphatic imine (C=N–C) groups is 1. The van der Waals surface area contributed by atoms with Gasteiger partial charge in [-0.3, -0.25) is 4.99 Å². The Morgan fingerprint density at radius 2 is 2.11 bits per heavy atom. The molecule has 0 amide bonds. The summed E-state index contributed by atoms with van der Waals surface area (Å²) in [6.07, 6.45) is 3.93. The summed E-state index contributed by atoms with van der Waals surface area (Å²) in [6, 6.07) is 3.81. The molecule has 0 aliphatic carbocycles. The molecule has 3 rings (SSSR count). The van der Waals surface area contributed by atoms with Crippen LogP contribution in [0.2, 0.25) is 0 Å². The molecule has 10 heteroatoms. The Kier molecular flexibility index (Phi) is 9.51. The summed E-state index contributed by atoms with van der Waals surface area (Å²) in [5.74, 6) is 1.69. The Balaban J connectivity index is 0.00000280. The summed E-state index contributed by atoms with van der Waals surface area (Å²) >= 11 is 0. The standard InChI is InChI=1S/C18H30N4O4S.HI/c1-2-19-18(20-8-7-16-5-4-12-26-16)21-9-3-6-17(15-21)27(23,24)22-10-13-25-14-11-22;/h4-5,12,17H,2-3,6-11,13-15H2,1H3,(H,19,20);1H. The van der Waals surface area contributed by atoms with Gasteiger partial charge in [-0.05, 0) is 31.9 Å². The van der Waals surface area contributed by atoms with Crippen molar-refractivity contribution in [3.63, 3.8) is 0 Å². The summed E-state index contributed by atoms with van der Waals surface area (Å²) in [4.78, 5) is 6.77. The summed E-state index contributed by atoms with van der Waals surface area (Å²) in [5.41, 5.74) is 0. The first-order valence-corrected chi connectivity index (χ1v) is 11.2. The average Bonchev–Trinajstić information content (AvgIpc) is 3.22. The number of sulfonamides is 1. The first kappa shape index (κ1) is 23.4. The molecule has 1 atom stereocenters. The first-order valence-electron chi connectivity index (χ1n) is 9.73. The van der Waals surface area contributed by atoms with Gasteiger partial charge in [0, 0.05) is 45.7 Å². The normalized spacial score (nSPS) is 22.0. The number of nitrogens with zero attached hydrogens (tertiary/aromatic N) is 3. The van der Waals surface area contributed by atoms with Gasteiger partial charge in [-0.25, -0.2) is 8.42 Å². The molecular formula is C18H31IN4O4S. The molecule has 160 valence electrons. The zero-order valence-corrected chi connectivity index (χ0v) is 19.5. The highest BCUT2D eigenvalue weighted by Gasteiger charge is 2.36. The quantitative estimate of drug-likeness (QED) is 0.344. The molecule has 8 nitrogen and oxygen atoms in total. The van der Waals surface area contributed by atoms with Gasteiger partial charge in [0.1, 0.15) is 5.76 Å². The summed E-state index contributed by atoms with van der Waals surface area (Å²) in [6.45, 7) is 6.54. The summed E-state index contributed by atoms with van der Waals surface area (Å²) < 4.78 is 38.2. The van der Waals surface area contributed by atoms with Crippen LogP contribution in [0, 0.1) is 0 Å². The lowest BCUT2D eigenvalue weighted by Gasteiger charge is -2.37. The SMILES string of the molecule is CCNC(=NCCc1ccco1)N1CCCC(S(=O)(=O)N2CCOCC2)C1.I. The third kappa shape index (κ3) is 6.07. The minimum atomic E-state index is -3.31. The monoisotopic (exact) mass is 526 g/mol. The first-order chi connectivity index (χ1) is 13.1. The molecule has 2 aliphatic heterocycles. The minimum Gasteiger partial charge on any atom is -0.469 e. The Hall–Kier alpha value is -0.850. The molecule has 2 fully saturated rings. The van der Waals surface area contributed by atoms with Crippen molar-refractivity contribution >= 4 is 40.0 Å². The van der Waals surface area contributed by atoms with Crippen molar-refractivity contribution < 1.29 is 17.6 Å². The molecule has 28 heavy (non-hydrogen) atoms. The fraction of sp³-hybridized carbons (Fsp3) is 0.722. The van der Waals surface area contributed by atoms with Gasteiger partial charge in [0.2, 0.25) is 10.0 Å². The number of likely N-dealkylation sites (tertiary alicyclic amines) is 1. The van der Waals surface area contributed by atoms with Crippen LogP contribution in [-0.4, -0.2) is 81.3 Å². The van der Waals surface area contributed by atoms with Gasteiger partial charge in [0.15, 0.2) is 5.96 Å². The van der Waals surface area contributed by atoms with E-state index >= 15 is 0 Å². The molecular weight excluding hydrogens is 495 g/mol.